The second-order valence-corrected chi connectivity index (χ2v) is 9.79. The van der Waals surface area contributed by atoms with E-state index in [2.05, 4.69) is 12.2 Å². The predicted molar refractivity (Wildman–Crippen MR) is 154 cm³/mol. The van der Waals surface area contributed by atoms with Crippen LogP contribution in [0.1, 0.15) is 30.9 Å². The van der Waals surface area contributed by atoms with E-state index < -0.39 is 6.04 Å². The molecule has 0 aliphatic carbocycles. The van der Waals surface area contributed by atoms with Crippen molar-refractivity contribution in [2.75, 3.05) is 27.4 Å². The van der Waals surface area contributed by atoms with E-state index in [-0.39, 0.29) is 25.0 Å². The van der Waals surface area contributed by atoms with Crippen molar-refractivity contribution < 1.29 is 23.8 Å². The Labute approximate surface area is 240 Å². The van der Waals surface area contributed by atoms with Gasteiger partial charge >= 0.3 is 0 Å². The molecule has 0 bridgehead atoms. The minimum Gasteiger partial charge on any atom is -0.496 e. The van der Waals surface area contributed by atoms with Crippen molar-refractivity contribution in [1.29, 1.82) is 0 Å². The molecule has 3 rings (SSSR count). The number of hydrogen-bond donors (Lipinski definition) is 1. The number of methoxy groups -OCH3 is 2. The van der Waals surface area contributed by atoms with Crippen LogP contribution < -0.4 is 19.5 Å². The van der Waals surface area contributed by atoms with Gasteiger partial charge in [-0.1, -0.05) is 72.9 Å². The van der Waals surface area contributed by atoms with Crippen LogP contribution in [0.4, 0.5) is 0 Å². The summed E-state index contributed by atoms with van der Waals surface area (Å²) in [6.07, 6.45) is 2.09. The highest BCUT2D eigenvalue weighted by atomic mass is 35.5. The molecule has 1 N–H and O–H groups in total. The Morgan fingerprint density at radius 1 is 0.923 bits per heavy atom. The Morgan fingerprint density at radius 2 is 1.59 bits per heavy atom. The van der Waals surface area contributed by atoms with Crippen LogP contribution >= 0.6 is 23.2 Å². The molecule has 0 aliphatic heterocycles. The largest absolute Gasteiger partial charge is 0.496 e. The number of benzene rings is 3. The molecule has 0 aliphatic rings. The van der Waals surface area contributed by atoms with Gasteiger partial charge in [-0.25, -0.2) is 0 Å². The van der Waals surface area contributed by atoms with Gasteiger partial charge in [-0.3, -0.25) is 9.59 Å². The Morgan fingerprint density at radius 3 is 2.21 bits per heavy atom. The van der Waals surface area contributed by atoms with Gasteiger partial charge in [0, 0.05) is 47.8 Å². The molecule has 0 aromatic heterocycles. The quantitative estimate of drug-likeness (QED) is 0.242. The molecule has 2 amide bonds. The van der Waals surface area contributed by atoms with Gasteiger partial charge in [0.05, 0.1) is 14.2 Å². The molecule has 9 heteroatoms. The number of halogens is 2. The summed E-state index contributed by atoms with van der Waals surface area (Å²) in [5, 5.41) is 3.88. The summed E-state index contributed by atoms with van der Waals surface area (Å²) in [4.78, 5) is 28.8. The Balaban J connectivity index is 1.93. The van der Waals surface area contributed by atoms with E-state index in [1.165, 1.54) is 19.1 Å². The van der Waals surface area contributed by atoms with Gasteiger partial charge in [-0.2, -0.15) is 0 Å². The zero-order valence-corrected chi connectivity index (χ0v) is 23.9. The molecule has 0 spiro atoms. The highest BCUT2D eigenvalue weighted by Crippen LogP contribution is 2.28. The first kappa shape index (κ1) is 30.1. The Bertz CT molecular complexity index is 1220. The van der Waals surface area contributed by atoms with Crippen molar-refractivity contribution in [3.8, 4) is 17.2 Å². The Kier molecular flexibility index (Phi) is 11.8. The Hall–Kier alpha value is -3.42. The minimum absolute atomic E-state index is 0.0956. The second kappa shape index (κ2) is 15.2. The van der Waals surface area contributed by atoms with Crippen LogP contribution in [0.5, 0.6) is 17.2 Å². The normalized spacial score (nSPS) is 11.4. The molecule has 0 saturated heterocycles. The van der Waals surface area contributed by atoms with Crippen molar-refractivity contribution in [3.63, 3.8) is 0 Å². The lowest BCUT2D eigenvalue weighted by atomic mass is 10.0. The van der Waals surface area contributed by atoms with Crippen molar-refractivity contribution >= 4 is 35.0 Å². The summed E-state index contributed by atoms with van der Waals surface area (Å²) in [5.41, 5.74) is 1.59. The standard InChI is InChI=1S/C30H34Cl2N2O5/c1-4-5-13-33-30(36)28(14-21-9-7-6-8-10-21)34(19-22-11-12-23(31)15-27(22)32)29(35)20-39-26-17-24(37-2)16-25(18-26)38-3/h6-12,15-18,28H,4-5,13-14,19-20H2,1-3H3,(H,33,36)/t28-/m0/s1. The fraction of sp³-hybridized carbons (Fsp3) is 0.333. The predicted octanol–water partition coefficient (Wildman–Crippen LogP) is 5.95. The summed E-state index contributed by atoms with van der Waals surface area (Å²) in [5.74, 6) is 0.830. The lowest BCUT2D eigenvalue weighted by Crippen LogP contribution is -2.51. The summed E-state index contributed by atoms with van der Waals surface area (Å²) < 4.78 is 16.5. The SMILES string of the molecule is CCCCNC(=O)[C@H](Cc1ccccc1)N(Cc1ccc(Cl)cc1Cl)C(=O)COc1cc(OC)cc(OC)c1. The smallest absolute Gasteiger partial charge is 0.261 e. The number of carbonyl (C=O) groups is 2. The number of unbranched alkanes of at least 4 members (excludes halogenated alkanes) is 1. The third-order valence-electron chi connectivity index (χ3n) is 6.14. The fourth-order valence-corrected chi connectivity index (χ4v) is 4.45. The third-order valence-corrected chi connectivity index (χ3v) is 6.73. The lowest BCUT2D eigenvalue weighted by molar-refractivity contribution is -0.142. The summed E-state index contributed by atoms with van der Waals surface area (Å²) in [7, 11) is 3.07. The maximum atomic E-state index is 13.8. The molecular weight excluding hydrogens is 539 g/mol. The fourth-order valence-electron chi connectivity index (χ4n) is 3.99. The van der Waals surface area contributed by atoms with Crippen LogP contribution in [0.2, 0.25) is 10.0 Å². The summed E-state index contributed by atoms with van der Waals surface area (Å²) in [6.45, 7) is 2.36. The molecule has 0 heterocycles. The van der Waals surface area contributed by atoms with Crippen molar-refractivity contribution in [3.05, 3.63) is 87.9 Å². The van der Waals surface area contributed by atoms with E-state index in [1.54, 1.807) is 36.4 Å². The minimum atomic E-state index is -0.799. The van der Waals surface area contributed by atoms with Crippen LogP contribution in [-0.2, 0) is 22.6 Å². The highest BCUT2D eigenvalue weighted by molar-refractivity contribution is 6.35. The van der Waals surface area contributed by atoms with E-state index in [1.807, 2.05) is 30.3 Å². The first-order chi connectivity index (χ1) is 18.8. The van der Waals surface area contributed by atoms with E-state index in [0.717, 1.165) is 18.4 Å². The van der Waals surface area contributed by atoms with E-state index in [4.69, 9.17) is 37.4 Å². The molecule has 208 valence electrons. The number of nitrogens with one attached hydrogen (secondary N) is 1. The average Bonchev–Trinajstić information content (AvgIpc) is 2.95. The number of carbonyl (C=O) groups excluding carboxylic acids is 2. The van der Waals surface area contributed by atoms with Crippen molar-refractivity contribution in [2.45, 2.75) is 38.8 Å². The zero-order chi connectivity index (χ0) is 28.2. The van der Waals surface area contributed by atoms with E-state index >= 15 is 0 Å². The van der Waals surface area contributed by atoms with Gasteiger partial charge in [0.15, 0.2) is 6.61 Å². The number of nitrogens with zero attached hydrogens (tertiary/aromatic N) is 1. The molecule has 3 aromatic carbocycles. The molecule has 0 saturated carbocycles. The summed E-state index contributed by atoms with van der Waals surface area (Å²) >= 11 is 12.6. The van der Waals surface area contributed by atoms with Crippen LogP contribution in [0, 0.1) is 0 Å². The molecule has 3 aromatic rings. The van der Waals surface area contributed by atoms with Crippen LogP contribution in [0.15, 0.2) is 66.7 Å². The molecule has 7 nitrogen and oxygen atoms in total. The number of rotatable bonds is 14. The van der Waals surface area contributed by atoms with Gasteiger partial charge in [0.25, 0.3) is 5.91 Å². The molecule has 0 unspecified atom stereocenters. The molecule has 0 radical (unpaired) electrons. The molecule has 0 fully saturated rings. The number of amides is 2. The van der Waals surface area contributed by atoms with Crippen LogP contribution in [-0.4, -0.2) is 50.1 Å². The van der Waals surface area contributed by atoms with E-state index in [0.29, 0.717) is 45.8 Å². The first-order valence-electron chi connectivity index (χ1n) is 12.8. The van der Waals surface area contributed by atoms with Gasteiger partial charge < -0.3 is 24.4 Å². The van der Waals surface area contributed by atoms with Crippen LogP contribution in [0.3, 0.4) is 0 Å². The van der Waals surface area contributed by atoms with Crippen molar-refractivity contribution in [2.24, 2.45) is 0 Å². The van der Waals surface area contributed by atoms with E-state index in [9.17, 15) is 9.59 Å². The monoisotopic (exact) mass is 572 g/mol. The van der Waals surface area contributed by atoms with Crippen molar-refractivity contribution in [1.82, 2.24) is 10.2 Å². The molecule has 1 atom stereocenters. The maximum absolute atomic E-state index is 13.8. The number of hydrogen-bond acceptors (Lipinski definition) is 5. The van der Waals surface area contributed by atoms with Gasteiger partial charge in [-0.05, 0) is 29.7 Å². The van der Waals surface area contributed by atoms with Gasteiger partial charge in [0.1, 0.15) is 23.3 Å². The first-order valence-corrected chi connectivity index (χ1v) is 13.5. The average molecular weight is 574 g/mol. The van der Waals surface area contributed by atoms with Gasteiger partial charge in [0.2, 0.25) is 5.91 Å². The second-order valence-electron chi connectivity index (χ2n) is 8.94. The topological polar surface area (TPSA) is 77.1 Å². The summed E-state index contributed by atoms with van der Waals surface area (Å²) in [6, 6.07) is 18.9. The molecular formula is C30H34Cl2N2O5. The zero-order valence-electron chi connectivity index (χ0n) is 22.4. The van der Waals surface area contributed by atoms with Crippen LogP contribution in [0.25, 0.3) is 0 Å². The number of ether oxygens (including phenoxy) is 3. The lowest BCUT2D eigenvalue weighted by Gasteiger charge is -2.31. The maximum Gasteiger partial charge on any atom is 0.261 e. The highest BCUT2D eigenvalue weighted by Gasteiger charge is 2.31. The van der Waals surface area contributed by atoms with Gasteiger partial charge in [-0.15, -0.1) is 0 Å². The molecule has 39 heavy (non-hydrogen) atoms. The third kappa shape index (κ3) is 9.08.